The molecule has 3 heteroatoms. The summed E-state index contributed by atoms with van der Waals surface area (Å²) in [5, 5.41) is 17.6. The molecule has 11 heavy (non-hydrogen) atoms. The summed E-state index contributed by atoms with van der Waals surface area (Å²) in [6, 6.07) is 0. The monoisotopic (exact) mass is 158 g/mol. The van der Waals surface area contributed by atoms with Crippen molar-refractivity contribution in [3.05, 3.63) is 11.6 Å². The highest BCUT2D eigenvalue weighted by Crippen LogP contribution is 2.09. The molecule has 0 aromatic rings. The number of carboxylic acids is 1. The second-order valence-corrected chi connectivity index (χ2v) is 3.21. The van der Waals surface area contributed by atoms with Gasteiger partial charge in [0.2, 0.25) is 0 Å². The van der Waals surface area contributed by atoms with Crippen molar-refractivity contribution in [1.29, 1.82) is 0 Å². The van der Waals surface area contributed by atoms with Crippen molar-refractivity contribution >= 4 is 5.97 Å². The Bertz CT molecular complexity index is 174. The van der Waals surface area contributed by atoms with E-state index in [0.717, 1.165) is 0 Å². The molecule has 0 fully saturated rings. The Balaban J connectivity index is 4.04. The molecule has 2 N–H and O–H groups in total. The van der Waals surface area contributed by atoms with Gasteiger partial charge in [0.15, 0.2) is 0 Å². The van der Waals surface area contributed by atoms with Crippen LogP contribution >= 0.6 is 0 Å². The fourth-order valence-corrected chi connectivity index (χ4v) is 0.490. The van der Waals surface area contributed by atoms with Crippen LogP contribution in [0.4, 0.5) is 0 Å². The Morgan fingerprint density at radius 2 is 2.00 bits per heavy atom. The van der Waals surface area contributed by atoms with Gasteiger partial charge in [0, 0.05) is 5.57 Å². The maximum Gasteiger partial charge on any atom is 0.330 e. The molecule has 0 aliphatic carbocycles. The summed E-state index contributed by atoms with van der Waals surface area (Å²) in [5.41, 5.74) is -0.552. The van der Waals surface area contributed by atoms with Crippen LogP contribution in [0.15, 0.2) is 11.6 Å². The maximum absolute atomic E-state index is 10.3. The predicted octanol–water partition coefficient (Wildman–Crippen LogP) is 1.18. The van der Waals surface area contributed by atoms with Crippen LogP contribution in [0.2, 0.25) is 0 Å². The van der Waals surface area contributed by atoms with Crippen molar-refractivity contribution < 1.29 is 15.0 Å². The van der Waals surface area contributed by atoms with Gasteiger partial charge < -0.3 is 10.2 Å². The van der Waals surface area contributed by atoms with Crippen molar-refractivity contribution in [3.63, 3.8) is 0 Å². The molecule has 0 radical (unpaired) electrons. The summed E-state index contributed by atoms with van der Waals surface area (Å²) in [6.07, 6.45) is 1.88. The van der Waals surface area contributed by atoms with Crippen LogP contribution < -0.4 is 0 Å². The topological polar surface area (TPSA) is 57.5 Å². The first-order valence-corrected chi connectivity index (χ1v) is 3.45. The average molecular weight is 158 g/mol. The second-order valence-electron chi connectivity index (χ2n) is 3.21. The van der Waals surface area contributed by atoms with Crippen molar-refractivity contribution in [2.75, 3.05) is 0 Å². The van der Waals surface area contributed by atoms with Crippen LogP contribution in [0.5, 0.6) is 0 Å². The smallest absolute Gasteiger partial charge is 0.330 e. The lowest BCUT2D eigenvalue weighted by Crippen LogP contribution is -2.17. The summed E-state index contributed by atoms with van der Waals surface area (Å²) in [7, 11) is 0. The van der Waals surface area contributed by atoms with E-state index < -0.39 is 11.6 Å². The number of carboxylic acid groups (broad SMARTS) is 1. The summed E-state index contributed by atoms with van der Waals surface area (Å²) in [6.45, 7) is 4.78. The first kappa shape index (κ1) is 10.2. The van der Waals surface area contributed by atoms with E-state index in [2.05, 4.69) is 0 Å². The van der Waals surface area contributed by atoms with Gasteiger partial charge in [-0.3, -0.25) is 0 Å². The first-order chi connectivity index (χ1) is 4.83. The molecule has 3 nitrogen and oxygen atoms in total. The lowest BCUT2D eigenvalue weighted by molar-refractivity contribution is -0.132. The molecule has 0 aromatic carbocycles. The van der Waals surface area contributed by atoms with E-state index in [1.54, 1.807) is 13.8 Å². The minimum absolute atomic E-state index is 0.270. The zero-order valence-corrected chi connectivity index (χ0v) is 7.09. The first-order valence-electron chi connectivity index (χ1n) is 3.45. The molecule has 0 bridgehead atoms. The van der Waals surface area contributed by atoms with Gasteiger partial charge in [-0.25, -0.2) is 4.79 Å². The molecule has 0 unspecified atom stereocenters. The van der Waals surface area contributed by atoms with Crippen molar-refractivity contribution in [2.24, 2.45) is 0 Å². The van der Waals surface area contributed by atoms with Gasteiger partial charge in [0.1, 0.15) is 0 Å². The third kappa shape index (κ3) is 5.61. The van der Waals surface area contributed by atoms with Gasteiger partial charge in [0.25, 0.3) is 0 Å². The van der Waals surface area contributed by atoms with E-state index in [-0.39, 0.29) is 5.57 Å². The Morgan fingerprint density at radius 3 is 2.27 bits per heavy atom. The number of carbonyl (C=O) groups is 1. The molecule has 0 saturated carbocycles. The van der Waals surface area contributed by atoms with Gasteiger partial charge >= 0.3 is 5.97 Å². The Morgan fingerprint density at radius 1 is 1.55 bits per heavy atom. The molecule has 64 valence electrons. The molecule has 0 aromatic heterocycles. The molecule has 0 spiro atoms. The largest absolute Gasteiger partial charge is 0.478 e. The Kier molecular flexibility index (Phi) is 3.26. The SMILES string of the molecule is CC(=CCC(C)(C)O)C(=O)O. The van der Waals surface area contributed by atoms with Gasteiger partial charge in [-0.15, -0.1) is 0 Å². The lowest BCUT2D eigenvalue weighted by Gasteiger charge is -2.13. The van der Waals surface area contributed by atoms with Crippen LogP contribution in [-0.4, -0.2) is 21.8 Å². The Labute approximate surface area is 66.4 Å². The highest BCUT2D eigenvalue weighted by Gasteiger charge is 2.10. The van der Waals surface area contributed by atoms with Crippen molar-refractivity contribution in [1.82, 2.24) is 0 Å². The minimum atomic E-state index is -0.936. The third-order valence-electron chi connectivity index (χ3n) is 1.25. The Hall–Kier alpha value is -0.830. The van der Waals surface area contributed by atoms with E-state index in [1.165, 1.54) is 13.0 Å². The zero-order chi connectivity index (χ0) is 9.07. The molecular formula is C8H14O3. The second kappa shape index (κ2) is 3.53. The summed E-state index contributed by atoms with van der Waals surface area (Å²) >= 11 is 0. The normalized spacial score (nSPS) is 13.3. The van der Waals surface area contributed by atoms with Gasteiger partial charge in [-0.05, 0) is 27.2 Å². The highest BCUT2D eigenvalue weighted by atomic mass is 16.4. The summed E-state index contributed by atoms with van der Waals surface area (Å²) < 4.78 is 0. The van der Waals surface area contributed by atoms with E-state index in [1.807, 2.05) is 0 Å². The van der Waals surface area contributed by atoms with Crippen LogP contribution in [0.3, 0.4) is 0 Å². The third-order valence-corrected chi connectivity index (χ3v) is 1.25. The zero-order valence-electron chi connectivity index (χ0n) is 7.09. The highest BCUT2D eigenvalue weighted by molar-refractivity contribution is 5.85. The fraction of sp³-hybridized carbons (Fsp3) is 0.625. The average Bonchev–Trinajstić information content (AvgIpc) is 1.80. The van der Waals surface area contributed by atoms with Gasteiger partial charge in [0.05, 0.1) is 5.60 Å². The molecule has 0 saturated heterocycles. The van der Waals surface area contributed by atoms with Crippen molar-refractivity contribution in [3.8, 4) is 0 Å². The number of hydrogen-bond donors (Lipinski definition) is 2. The van der Waals surface area contributed by atoms with Crippen LogP contribution in [0.25, 0.3) is 0 Å². The number of hydrogen-bond acceptors (Lipinski definition) is 2. The molecule has 0 heterocycles. The molecule has 0 aliphatic rings. The molecule has 0 aliphatic heterocycles. The van der Waals surface area contributed by atoms with E-state index in [4.69, 9.17) is 5.11 Å². The molecular weight excluding hydrogens is 144 g/mol. The maximum atomic E-state index is 10.3. The predicted molar refractivity (Wildman–Crippen MR) is 42.3 cm³/mol. The number of rotatable bonds is 3. The summed E-state index contributed by atoms with van der Waals surface area (Å²) in [5.74, 6) is -0.936. The molecule has 0 atom stereocenters. The van der Waals surface area contributed by atoms with Crippen LogP contribution in [-0.2, 0) is 4.79 Å². The standard InChI is InChI=1S/C8H14O3/c1-6(7(9)10)4-5-8(2,3)11/h4,11H,5H2,1-3H3,(H,9,10). The molecule has 0 rings (SSSR count). The van der Waals surface area contributed by atoms with E-state index >= 15 is 0 Å². The number of aliphatic hydroxyl groups is 1. The van der Waals surface area contributed by atoms with Crippen molar-refractivity contribution in [2.45, 2.75) is 32.8 Å². The fourth-order valence-electron chi connectivity index (χ4n) is 0.490. The van der Waals surface area contributed by atoms with Crippen LogP contribution in [0, 0.1) is 0 Å². The van der Waals surface area contributed by atoms with E-state index in [9.17, 15) is 9.90 Å². The summed E-state index contributed by atoms with van der Waals surface area (Å²) in [4.78, 5) is 10.3. The number of aliphatic carboxylic acids is 1. The van der Waals surface area contributed by atoms with Gasteiger partial charge in [-0.1, -0.05) is 6.08 Å². The van der Waals surface area contributed by atoms with E-state index in [0.29, 0.717) is 6.42 Å². The molecule has 0 amide bonds. The quantitative estimate of drug-likeness (QED) is 0.606. The lowest BCUT2D eigenvalue weighted by atomic mass is 10.0. The van der Waals surface area contributed by atoms with Gasteiger partial charge in [-0.2, -0.15) is 0 Å². The minimum Gasteiger partial charge on any atom is -0.478 e. The van der Waals surface area contributed by atoms with Crippen LogP contribution in [0.1, 0.15) is 27.2 Å².